The van der Waals surface area contributed by atoms with E-state index in [1.165, 1.54) is 0 Å². The molecule has 0 fully saturated rings. The van der Waals surface area contributed by atoms with Gasteiger partial charge in [-0.1, -0.05) is 22.0 Å². The molecule has 3 rings (SSSR count). The number of aromatic nitrogens is 2. The number of nitrogens with zero attached hydrogens (tertiary/aromatic N) is 3. The molecule has 0 aliphatic carbocycles. The Balaban J connectivity index is 0.00000261. The van der Waals surface area contributed by atoms with Gasteiger partial charge in [0.15, 0.2) is 5.65 Å². The number of hydrogen-bond acceptors (Lipinski definition) is 4. The second-order valence-electron chi connectivity index (χ2n) is 5.98. The molecule has 1 amide bonds. The topological polar surface area (TPSA) is 58.1 Å². The van der Waals surface area contributed by atoms with E-state index in [1.807, 2.05) is 57.2 Å². The van der Waals surface area contributed by atoms with Gasteiger partial charge in [-0.25, -0.2) is 9.97 Å². The summed E-state index contributed by atoms with van der Waals surface area (Å²) in [5.74, 6) is -0.0394. The molecule has 0 saturated heterocycles. The van der Waals surface area contributed by atoms with E-state index in [1.54, 1.807) is 11.1 Å². The summed E-state index contributed by atoms with van der Waals surface area (Å²) in [5, 5.41) is 4.23. The molecule has 1 aromatic carbocycles. The summed E-state index contributed by atoms with van der Waals surface area (Å²) in [5.41, 5.74) is 3.69. The Bertz CT molecular complexity index is 960. The van der Waals surface area contributed by atoms with E-state index in [0.717, 1.165) is 26.9 Å². The van der Waals surface area contributed by atoms with Gasteiger partial charge in [-0.05, 0) is 51.1 Å². The van der Waals surface area contributed by atoms with Gasteiger partial charge in [0.1, 0.15) is 0 Å². The Kier molecular flexibility index (Phi) is 7.16. The number of fused-ring (bicyclic) bond motifs is 1. The SMILES string of the molecule is CCN(CC)C(=O)c1cnc2nc(C)ccc2c1Nc1cccc(Br)c1.Cl. The Hall–Kier alpha value is -2.18. The molecule has 0 radical (unpaired) electrons. The van der Waals surface area contributed by atoms with E-state index in [9.17, 15) is 4.79 Å². The summed E-state index contributed by atoms with van der Waals surface area (Å²) in [6.07, 6.45) is 1.62. The molecule has 0 aliphatic rings. The molecule has 0 aliphatic heterocycles. The highest BCUT2D eigenvalue weighted by molar-refractivity contribution is 9.10. The third-order valence-electron chi connectivity index (χ3n) is 4.24. The van der Waals surface area contributed by atoms with Crippen LogP contribution in [0.1, 0.15) is 29.9 Å². The third-order valence-corrected chi connectivity index (χ3v) is 4.74. The number of pyridine rings is 2. The smallest absolute Gasteiger partial charge is 0.257 e. The molecule has 3 aromatic rings. The minimum absolute atomic E-state index is 0. The first kappa shape index (κ1) is 21.1. The van der Waals surface area contributed by atoms with Crippen molar-refractivity contribution in [2.24, 2.45) is 0 Å². The van der Waals surface area contributed by atoms with Gasteiger partial charge in [0.2, 0.25) is 0 Å². The van der Waals surface area contributed by atoms with Crippen LogP contribution in [0.3, 0.4) is 0 Å². The lowest BCUT2D eigenvalue weighted by Gasteiger charge is -2.21. The standard InChI is InChI=1S/C20H21BrN4O.ClH/c1-4-25(5-2)20(26)17-12-22-19-16(10-9-13(3)23-19)18(17)24-15-8-6-7-14(21)11-15;/h6-12H,4-5H2,1-3H3,(H,22,23,24);1H. The van der Waals surface area contributed by atoms with E-state index in [-0.39, 0.29) is 18.3 Å². The van der Waals surface area contributed by atoms with Gasteiger partial charge in [0, 0.05) is 40.5 Å². The quantitative estimate of drug-likeness (QED) is 0.570. The molecule has 0 unspecified atom stereocenters. The van der Waals surface area contributed by atoms with Crippen LogP contribution in [-0.4, -0.2) is 33.9 Å². The highest BCUT2D eigenvalue weighted by atomic mass is 79.9. The molecule has 0 spiro atoms. The number of carbonyl (C=O) groups excluding carboxylic acids is 1. The third kappa shape index (κ3) is 4.57. The zero-order chi connectivity index (χ0) is 18.7. The number of halogens is 2. The van der Waals surface area contributed by atoms with E-state index >= 15 is 0 Å². The lowest BCUT2D eigenvalue weighted by Crippen LogP contribution is -2.31. The Morgan fingerprint density at radius 3 is 2.59 bits per heavy atom. The molecule has 142 valence electrons. The van der Waals surface area contributed by atoms with Crippen molar-refractivity contribution in [3.8, 4) is 0 Å². The average Bonchev–Trinajstić information content (AvgIpc) is 2.62. The summed E-state index contributed by atoms with van der Waals surface area (Å²) < 4.78 is 0.964. The van der Waals surface area contributed by atoms with Crippen molar-refractivity contribution in [3.63, 3.8) is 0 Å². The highest BCUT2D eigenvalue weighted by Gasteiger charge is 2.20. The van der Waals surface area contributed by atoms with Crippen molar-refractivity contribution in [1.82, 2.24) is 14.9 Å². The predicted octanol–water partition coefficient (Wildman–Crippen LogP) is 5.35. The van der Waals surface area contributed by atoms with Crippen LogP contribution in [0.2, 0.25) is 0 Å². The molecule has 5 nitrogen and oxygen atoms in total. The van der Waals surface area contributed by atoms with Crippen LogP contribution in [-0.2, 0) is 0 Å². The maximum absolute atomic E-state index is 13.0. The van der Waals surface area contributed by atoms with Crippen LogP contribution in [0.5, 0.6) is 0 Å². The van der Waals surface area contributed by atoms with Crippen LogP contribution in [0.4, 0.5) is 11.4 Å². The first-order chi connectivity index (χ1) is 12.5. The van der Waals surface area contributed by atoms with Gasteiger partial charge >= 0.3 is 0 Å². The fraction of sp³-hybridized carbons (Fsp3) is 0.250. The number of amides is 1. The largest absolute Gasteiger partial charge is 0.354 e. The maximum Gasteiger partial charge on any atom is 0.257 e. The van der Waals surface area contributed by atoms with Gasteiger partial charge in [-0.3, -0.25) is 4.79 Å². The summed E-state index contributed by atoms with van der Waals surface area (Å²) in [6, 6.07) is 11.7. The first-order valence-corrected chi connectivity index (χ1v) is 9.41. The number of aryl methyl sites for hydroxylation is 1. The molecule has 27 heavy (non-hydrogen) atoms. The zero-order valence-corrected chi connectivity index (χ0v) is 17.9. The number of rotatable bonds is 5. The molecule has 0 bridgehead atoms. The molecule has 0 atom stereocenters. The Morgan fingerprint density at radius 2 is 1.93 bits per heavy atom. The maximum atomic E-state index is 13.0. The second-order valence-corrected chi connectivity index (χ2v) is 6.90. The van der Waals surface area contributed by atoms with Crippen molar-refractivity contribution >= 4 is 56.7 Å². The molecule has 0 saturated carbocycles. The van der Waals surface area contributed by atoms with Crippen LogP contribution in [0, 0.1) is 6.92 Å². The molecule has 2 aromatic heterocycles. The summed E-state index contributed by atoms with van der Waals surface area (Å²) in [6.45, 7) is 7.17. The highest BCUT2D eigenvalue weighted by Crippen LogP contribution is 2.30. The second kappa shape index (κ2) is 9.15. The number of nitrogens with one attached hydrogen (secondary N) is 1. The van der Waals surface area contributed by atoms with Crippen LogP contribution in [0.25, 0.3) is 11.0 Å². The van der Waals surface area contributed by atoms with Gasteiger partial charge in [-0.2, -0.15) is 0 Å². The van der Waals surface area contributed by atoms with Gasteiger partial charge in [0.25, 0.3) is 5.91 Å². The van der Waals surface area contributed by atoms with Gasteiger partial charge in [-0.15, -0.1) is 12.4 Å². The van der Waals surface area contributed by atoms with E-state index in [0.29, 0.717) is 24.3 Å². The van der Waals surface area contributed by atoms with Crippen molar-refractivity contribution in [3.05, 3.63) is 58.3 Å². The number of benzene rings is 1. The molecule has 2 heterocycles. The first-order valence-electron chi connectivity index (χ1n) is 8.61. The number of carbonyl (C=O) groups is 1. The van der Waals surface area contributed by atoms with E-state index < -0.39 is 0 Å². The van der Waals surface area contributed by atoms with Crippen LogP contribution < -0.4 is 5.32 Å². The van der Waals surface area contributed by atoms with Crippen LogP contribution in [0.15, 0.2) is 47.1 Å². The summed E-state index contributed by atoms with van der Waals surface area (Å²) in [7, 11) is 0. The van der Waals surface area contributed by atoms with Crippen molar-refractivity contribution < 1.29 is 4.79 Å². The van der Waals surface area contributed by atoms with Crippen LogP contribution >= 0.6 is 28.3 Å². The zero-order valence-electron chi connectivity index (χ0n) is 15.5. The van der Waals surface area contributed by atoms with Crippen molar-refractivity contribution in [2.45, 2.75) is 20.8 Å². The fourth-order valence-electron chi connectivity index (χ4n) is 2.86. The lowest BCUT2D eigenvalue weighted by molar-refractivity contribution is 0.0774. The molecule has 7 heteroatoms. The summed E-state index contributed by atoms with van der Waals surface area (Å²) in [4.78, 5) is 23.7. The van der Waals surface area contributed by atoms with Crippen molar-refractivity contribution in [1.29, 1.82) is 0 Å². The normalized spacial score (nSPS) is 10.4. The fourth-order valence-corrected chi connectivity index (χ4v) is 3.26. The van der Waals surface area contributed by atoms with E-state index in [2.05, 4.69) is 31.2 Å². The van der Waals surface area contributed by atoms with Crippen molar-refractivity contribution in [2.75, 3.05) is 18.4 Å². The molecular weight excluding hydrogens is 428 g/mol. The minimum atomic E-state index is -0.0394. The lowest BCUT2D eigenvalue weighted by atomic mass is 10.1. The Morgan fingerprint density at radius 1 is 1.19 bits per heavy atom. The number of hydrogen-bond donors (Lipinski definition) is 1. The minimum Gasteiger partial charge on any atom is -0.354 e. The molecule has 1 N–H and O–H groups in total. The molecular formula is C20H22BrClN4O. The monoisotopic (exact) mass is 448 g/mol. The van der Waals surface area contributed by atoms with E-state index in [4.69, 9.17) is 0 Å². The number of anilines is 2. The van der Waals surface area contributed by atoms with Gasteiger partial charge < -0.3 is 10.2 Å². The Labute approximate surface area is 173 Å². The average molecular weight is 450 g/mol. The summed E-state index contributed by atoms with van der Waals surface area (Å²) >= 11 is 3.49. The van der Waals surface area contributed by atoms with Gasteiger partial charge in [0.05, 0.1) is 11.3 Å². The predicted molar refractivity (Wildman–Crippen MR) is 116 cm³/mol.